The highest BCUT2D eigenvalue weighted by Crippen LogP contribution is 2.48. The minimum absolute atomic E-state index is 0.0562. The third kappa shape index (κ3) is 4.12. The van der Waals surface area contributed by atoms with Gasteiger partial charge in [0, 0.05) is 34.9 Å². The van der Waals surface area contributed by atoms with Crippen molar-refractivity contribution in [3.05, 3.63) is 35.0 Å². The van der Waals surface area contributed by atoms with E-state index in [1.165, 1.54) is 6.42 Å². The molecular formula is C25H31NO5. The summed E-state index contributed by atoms with van der Waals surface area (Å²) in [6, 6.07) is 5.60. The number of aliphatic imine (C=N–C) groups is 1. The van der Waals surface area contributed by atoms with Crippen LogP contribution in [0.5, 0.6) is 11.5 Å². The molecule has 2 aliphatic carbocycles. The summed E-state index contributed by atoms with van der Waals surface area (Å²) >= 11 is 0. The molecule has 1 aromatic carbocycles. The lowest BCUT2D eigenvalue weighted by Gasteiger charge is -2.36. The van der Waals surface area contributed by atoms with Gasteiger partial charge in [0.25, 0.3) is 0 Å². The first-order chi connectivity index (χ1) is 15.0. The van der Waals surface area contributed by atoms with Gasteiger partial charge in [0.1, 0.15) is 12.0 Å². The van der Waals surface area contributed by atoms with Crippen LogP contribution in [-0.2, 0) is 14.3 Å². The van der Waals surface area contributed by atoms with Crippen molar-refractivity contribution >= 4 is 17.5 Å². The van der Waals surface area contributed by atoms with Crippen LogP contribution in [0, 0.1) is 5.92 Å². The van der Waals surface area contributed by atoms with Gasteiger partial charge in [0.05, 0.1) is 14.2 Å². The summed E-state index contributed by atoms with van der Waals surface area (Å²) in [6.07, 6.45) is 7.09. The number of rotatable bonds is 5. The van der Waals surface area contributed by atoms with Crippen molar-refractivity contribution in [2.75, 3.05) is 14.2 Å². The third-order valence-electron chi connectivity index (χ3n) is 6.69. The normalized spacial score (nSPS) is 24.4. The van der Waals surface area contributed by atoms with E-state index in [-0.39, 0.29) is 17.9 Å². The summed E-state index contributed by atoms with van der Waals surface area (Å²) in [5.41, 5.74) is 2.90. The minimum Gasteiger partial charge on any atom is -0.493 e. The van der Waals surface area contributed by atoms with Gasteiger partial charge in [-0.15, -0.1) is 0 Å². The van der Waals surface area contributed by atoms with Gasteiger partial charge in [-0.1, -0.05) is 18.6 Å². The van der Waals surface area contributed by atoms with Crippen LogP contribution in [0.3, 0.4) is 0 Å². The second kappa shape index (κ2) is 9.25. The van der Waals surface area contributed by atoms with Crippen LogP contribution >= 0.6 is 0 Å². The first-order valence-corrected chi connectivity index (χ1v) is 11.3. The average molecular weight is 426 g/mol. The van der Waals surface area contributed by atoms with E-state index in [0.717, 1.165) is 49.8 Å². The fourth-order valence-corrected chi connectivity index (χ4v) is 5.23. The van der Waals surface area contributed by atoms with Gasteiger partial charge >= 0.3 is 5.97 Å². The summed E-state index contributed by atoms with van der Waals surface area (Å²) < 4.78 is 17.2. The van der Waals surface area contributed by atoms with Crippen molar-refractivity contribution in [2.45, 2.75) is 70.3 Å². The summed E-state index contributed by atoms with van der Waals surface area (Å²) in [6.45, 7) is 1.87. The Labute approximate surface area is 183 Å². The van der Waals surface area contributed by atoms with E-state index in [1.807, 2.05) is 25.1 Å². The molecule has 0 spiro atoms. The molecular weight excluding hydrogens is 394 g/mol. The zero-order valence-corrected chi connectivity index (χ0v) is 18.6. The molecule has 1 saturated carbocycles. The first-order valence-electron chi connectivity index (χ1n) is 11.3. The van der Waals surface area contributed by atoms with Crippen LogP contribution in [0.15, 0.2) is 34.5 Å². The average Bonchev–Trinajstić information content (AvgIpc) is 2.78. The minimum atomic E-state index is -0.649. The molecule has 4 rings (SSSR count). The van der Waals surface area contributed by atoms with Gasteiger partial charge < -0.3 is 14.2 Å². The summed E-state index contributed by atoms with van der Waals surface area (Å²) in [7, 11) is 3.17. The molecule has 1 aliphatic heterocycles. The Morgan fingerprint density at radius 1 is 1.03 bits per heavy atom. The van der Waals surface area contributed by atoms with E-state index in [1.54, 1.807) is 14.2 Å². The Kier molecular flexibility index (Phi) is 6.44. The number of Topliss-reactive ketones (excluding diaryl/α,β-unsaturated/α-hetero) is 1. The van der Waals surface area contributed by atoms with Gasteiger partial charge in [0.15, 0.2) is 17.3 Å². The van der Waals surface area contributed by atoms with Gasteiger partial charge in [-0.25, -0.2) is 0 Å². The number of esters is 1. The Hall–Kier alpha value is -2.63. The van der Waals surface area contributed by atoms with Crippen molar-refractivity contribution in [3.8, 4) is 11.5 Å². The molecule has 0 N–H and O–H groups in total. The van der Waals surface area contributed by atoms with Crippen molar-refractivity contribution in [2.24, 2.45) is 10.9 Å². The molecule has 1 heterocycles. The molecule has 0 radical (unpaired) electrons. The highest BCUT2D eigenvalue weighted by Gasteiger charge is 2.45. The molecule has 0 aromatic heterocycles. The molecule has 1 aromatic rings. The van der Waals surface area contributed by atoms with E-state index in [2.05, 4.69) is 0 Å². The van der Waals surface area contributed by atoms with Crippen molar-refractivity contribution in [3.63, 3.8) is 0 Å². The molecule has 31 heavy (non-hydrogen) atoms. The lowest BCUT2D eigenvalue weighted by Crippen LogP contribution is -2.39. The third-order valence-corrected chi connectivity index (χ3v) is 6.69. The largest absolute Gasteiger partial charge is 0.493 e. The number of allylic oxidation sites excluding steroid dienone is 2. The van der Waals surface area contributed by atoms with Crippen molar-refractivity contribution < 1.29 is 23.8 Å². The molecule has 1 fully saturated rings. The van der Waals surface area contributed by atoms with Gasteiger partial charge in [0.2, 0.25) is 0 Å². The number of carbonyl (C=O) groups is 2. The number of methoxy groups -OCH3 is 2. The number of ether oxygens (including phenoxy) is 3. The number of para-hydroxylation sites is 1. The Morgan fingerprint density at radius 2 is 1.81 bits per heavy atom. The predicted molar refractivity (Wildman–Crippen MR) is 118 cm³/mol. The predicted octanol–water partition coefficient (Wildman–Crippen LogP) is 4.76. The zero-order chi connectivity index (χ0) is 22.0. The van der Waals surface area contributed by atoms with Crippen LogP contribution < -0.4 is 9.47 Å². The van der Waals surface area contributed by atoms with Crippen molar-refractivity contribution in [1.82, 2.24) is 0 Å². The molecule has 2 atom stereocenters. The first kappa shape index (κ1) is 21.6. The number of hydrogen-bond acceptors (Lipinski definition) is 6. The standard InChI is InChI=1S/C25H31NO5/c1-15-21(25(28)31-16-9-5-4-6-10-16)22(23-18(26-15)12-8-13-19(23)27)17-11-7-14-20(29-2)24(17)30-3/h7,11,14,16,21-22H,4-6,8-10,12-13H2,1-3H3/t21?,22-/m1/s1. The summed E-state index contributed by atoms with van der Waals surface area (Å²) in [4.78, 5) is 31.3. The quantitative estimate of drug-likeness (QED) is 0.636. The smallest absolute Gasteiger partial charge is 0.315 e. The highest BCUT2D eigenvalue weighted by atomic mass is 16.5. The van der Waals surface area contributed by atoms with Gasteiger partial charge in [-0.05, 0) is 51.5 Å². The maximum absolute atomic E-state index is 13.5. The number of benzene rings is 1. The van der Waals surface area contributed by atoms with Gasteiger partial charge in [-0.3, -0.25) is 14.6 Å². The van der Waals surface area contributed by atoms with Crippen molar-refractivity contribution in [1.29, 1.82) is 0 Å². The highest BCUT2D eigenvalue weighted by molar-refractivity contribution is 6.09. The maximum Gasteiger partial charge on any atom is 0.315 e. The molecule has 166 valence electrons. The lowest BCUT2D eigenvalue weighted by atomic mass is 9.71. The Morgan fingerprint density at radius 3 is 2.52 bits per heavy atom. The molecule has 0 saturated heterocycles. The van der Waals surface area contributed by atoms with Crippen LogP contribution in [-0.4, -0.2) is 37.8 Å². The number of hydrogen-bond donors (Lipinski definition) is 0. The fraction of sp³-hybridized carbons (Fsp3) is 0.560. The van der Waals surface area contributed by atoms with Crippen LogP contribution in [0.4, 0.5) is 0 Å². The number of nitrogens with zero attached hydrogens (tertiary/aromatic N) is 1. The fourth-order valence-electron chi connectivity index (χ4n) is 5.23. The van der Waals surface area contributed by atoms with E-state index in [0.29, 0.717) is 29.2 Å². The maximum atomic E-state index is 13.5. The monoisotopic (exact) mass is 425 g/mol. The van der Waals surface area contributed by atoms with E-state index < -0.39 is 11.8 Å². The second-order valence-electron chi connectivity index (χ2n) is 8.63. The summed E-state index contributed by atoms with van der Waals surface area (Å²) in [5.74, 6) is -0.253. The number of carbonyl (C=O) groups excluding carboxylic acids is 2. The van der Waals surface area contributed by atoms with Gasteiger partial charge in [-0.2, -0.15) is 0 Å². The molecule has 0 bridgehead atoms. The Balaban J connectivity index is 1.80. The molecule has 0 amide bonds. The van der Waals surface area contributed by atoms with Crippen LogP contribution in [0.1, 0.15) is 69.8 Å². The van der Waals surface area contributed by atoms with E-state index in [4.69, 9.17) is 19.2 Å². The van der Waals surface area contributed by atoms with Crippen LogP contribution in [0.25, 0.3) is 0 Å². The SMILES string of the molecule is COc1cccc([C@H]2C3=C(CCCC3=O)N=C(C)C2C(=O)OC2CCCCC2)c1OC. The summed E-state index contributed by atoms with van der Waals surface area (Å²) in [5, 5.41) is 0. The molecule has 3 aliphatic rings. The topological polar surface area (TPSA) is 74.2 Å². The molecule has 6 heteroatoms. The van der Waals surface area contributed by atoms with E-state index in [9.17, 15) is 9.59 Å². The second-order valence-corrected chi connectivity index (χ2v) is 8.63. The Bertz CT molecular complexity index is 926. The van der Waals surface area contributed by atoms with E-state index >= 15 is 0 Å². The molecule has 6 nitrogen and oxygen atoms in total. The number of ketones is 1. The zero-order valence-electron chi connectivity index (χ0n) is 18.6. The lowest BCUT2D eigenvalue weighted by molar-refractivity contribution is -0.153. The van der Waals surface area contributed by atoms with Crippen LogP contribution in [0.2, 0.25) is 0 Å². The molecule has 1 unspecified atom stereocenters.